The Labute approximate surface area is 300 Å². The van der Waals surface area contributed by atoms with Crippen molar-refractivity contribution in [3.8, 4) is 17.3 Å². The van der Waals surface area contributed by atoms with Gasteiger partial charge >= 0.3 is 0 Å². The summed E-state index contributed by atoms with van der Waals surface area (Å²) in [4.78, 5) is 35.1. The lowest BCUT2D eigenvalue weighted by Gasteiger charge is -2.34. The van der Waals surface area contributed by atoms with Crippen LogP contribution in [0.4, 0.5) is 11.6 Å². The first-order valence-corrected chi connectivity index (χ1v) is 19.4. The molecule has 2 N–H and O–H groups in total. The van der Waals surface area contributed by atoms with Crippen LogP contribution in [0, 0.1) is 11.8 Å². The van der Waals surface area contributed by atoms with Crippen LogP contribution in [0.5, 0.6) is 5.88 Å². The molecule has 0 unspecified atom stereocenters. The van der Waals surface area contributed by atoms with E-state index in [1.807, 2.05) is 30.5 Å². The van der Waals surface area contributed by atoms with Gasteiger partial charge in [-0.3, -0.25) is 9.78 Å². The zero-order valence-electron chi connectivity index (χ0n) is 30.0. The minimum absolute atomic E-state index is 0.0723. The first kappa shape index (κ1) is 34.9. The molecule has 3 aliphatic rings. The summed E-state index contributed by atoms with van der Waals surface area (Å²) in [6.45, 7) is 12.1. The van der Waals surface area contributed by atoms with Gasteiger partial charge in [-0.15, -0.1) is 0 Å². The summed E-state index contributed by atoms with van der Waals surface area (Å²) in [5, 5.41) is 3.22. The fourth-order valence-electron chi connectivity index (χ4n) is 7.16. The SMILES string of the molecule is CC(C)(C)c1ccnc([C@H]2CC[C@@H]3CN(c4nc(-c5cccc(OCCC6CC6)n5)ccc4C(=O)NS(=O)(=O)c4cccc(n4)N2)C(C)(C)C3)c1. The third kappa shape index (κ3) is 7.85. The van der Waals surface area contributed by atoms with Crippen molar-refractivity contribution < 1.29 is 17.9 Å². The fraction of sp³-hybridized carbons (Fsp3) is 0.462. The molecule has 1 aliphatic carbocycles. The fourth-order valence-corrected chi connectivity index (χ4v) is 8.09. The highest BCUT2D eigenvalue weighted by molar-refractivity contribution is 7.90. The first-order chi connectivity index (χ1) is 24.2. The van der Waals surface area contributed by atoms with Crippen LogP contribution >= 0.6 is 0 Å². The molecule has 268 valence electrons. The number of nitrogens with zero attached hydrogens (tertiary/aromatic N) is 5. The number of aromatic nitrogens is 4. The van der Waals surface area contributed by atoms with Gasteiger partial charge < -0.3 is 15.0 Å². The molecule has 4 aromatic rings. The summed E-state index contributed by atoms with van der Waals surface area (Å²) < 4.78 is 35.6. The molecule has 4 bridgehead atoms. The number of carbonyl (C=O) groups excluding carboxylic acids is 1. The van der Waals surface area contributed by atoms with Gasteiger partial charge in [0.25, 0.3) is 15.9 Å². The average Bonchev–Trinajstić information content (AvgIpc) is 3.86. The van der Waals surface area contributed by atoms with Gasteiger partial charge in [-0.2, -0.15) is 8.42 Å². The zero-order chi connectivity index (χ0) is 36.0. The van der Waals surface area contributed by atoms with Gasteiger partial charge in [-0.05, 0) is 105 Å². The minimum atomic E-state index is -4.34. The van der Waals surface area contributed by atoms with Gasteiger partial charge in [0.1, 0.15) is 11.6 Å². The highest BCUT2D eigenvalue weighted by Crippen LogP contribution is 2.41. The summed E-state index contributed by atoms with van der Waals surface area (Å²) in [5.74, 6) is 1.58. The van der Waals surface area contributed by atoms with Gasteiger partial charge in [0.05, 0.1) is 35.3 Å². The Hall–Kier alpha value is -4.58. The van der Waals surface area contributed by atoms with Crippen molar-refractivity contribution in [2.45, 2.75) is 95.2 Å². The van der Waals surface area contributed by atoms with Crippen molar-refractivity contribution in [2.24, 2.45) is 11.8 Å². The molecule has 12 heteroatoms. The Morgan fingerprint density at radius 3 is 2.51 bits per heavy atom. The molecule has 2 fully saturated rings. The average molecular weight is 710 g/mol. The molecule has 2 aliphatic heterocycles. The number of fused-ring (bicyclic) bond motifs is 6. The number of anilines is 2. The monoisotopic (exact) mass is 709 g/mol. The van der Waals surface area contributed by atoms with E-state index in [0.29, 0.717) is 42.1 Å². The lowest BCUT2D eigenvalue weighted by Crippen LogP contribution is -2.41. The number of sulfonamides is 1. The van der Waals surface area contributed by atoms with Crippen molar-refractivity contribution in [1.82, 2.24) is 24.7 Å². The maximum Gasteiger partial charge on any atom is 0.281 e. The second-order valence-electron chi connectivity index (χ2n) is 15.8. The van der Waals surface area contributed by atoms with Crippen molar-refractivity contribution in [1.29, 1.82) is 0 Å². The maximum absolute atomic E-state index is 13.9. The van der Waals surface area contributed by atoms with E-state index in [1.54, 1.807) is 24.3 Å². The lowest BCUT2D eigenvalue weighted by molar-refractivity contribution is 0.0981. The van der Waals surface area contributed by atoms with E-state index in [-0.39, 0.29) is 33.5 Å². The standard InChI is InChI=1S/C39H47N7O4S/c1-38(2,3)27-18-20-40-32(22-27)31-16-14-26-23-39(4,5)46(24-26)36-28(37(47)45-51(48,49)35-11-7-9-33(41-31)44-35)15-17-30(43-36)29-8-6-10-34(42-29)50-21-19-25-12-13-25/h6-11,15,17-18,20,22,25-26,31H,12-14,16,19,21,23-24H2,1-5H3,(H,41,44)(H,45,47)/t26-,31+/m0/s1. The quantitative estimate of drug-likeness (QED) is 0.214. The summed E-state index contributed by atoms with van der Waals surface area (Å²) in [6, 6.07) is 17.6. The van der Waals surface area contributed by atoms with Gasteiger partial charge in [0.2, 0.25) is 5.88 Å². The van der Waals surface area contributed by atoms with Crippen molar-refractivity contribution in [2.75, 3.05) is 23.4 Å². The van der Waals surface area contributed by atoms with E-state index in [2.05, 4.69) is 60.6 Å². The molecular formula is C39H47N7O4S. The summed E-state index contributed by atoms with van der Waals surface area (Å²) in [5.41, 5.74) is 2.93. The van der Waals surface area contributed by atoms with E-state index in [4.69, 9.17) is 19.7 Å². The van der Waals surface area contributed by atoms with Crippen molar-refractivity contribution in [3.63, 3.8) is 0 Å². The molecule has 0 aromatic carbocycles. The number of rotatable bonds is 6. The van der Waals surface area contributed by atoms with Crippen LogP contribution in [0.2, 0.25) is 0 Å². The molecular weight excluding hydrogens is 663 g/mol. The van der Waals surface area contributed by atoms with Crippen LogP contribution in [-0.4, -0.2) is 53.0 Å². The van der Waals surface area contributed by atoms with E-state index in [9.17, 15) is 13.2 Å². The zero-order valence-corrected chi connectivity index (χ0v) is 30.8. The second-order valence-corrected chi connectivity index (χ2v) is 17.4. The predicted molar refractivity (Wildman–Crippen MR) is 197 cm³/mol. The molecule has 1 saturated carbocycles. The number of amides is 1. The number of carbonyl (C=O) groups is 1. The molecule has 0 spiro atoms. The van der Waals surface area contributed by atoms with Crippen LogP contribution in [0.25, 0.3) is 11.4 Å². The number of nitrogens with one attached hydrogen (secondary N) is 2. The van der Waals surface area contributed by atoms with Crippen LogP contribution in [-0.2, 0) is 15.4 Å². The number of pyridine rings is 4. The minimum Gasteiger partial charge on any atom is -0.478 e. The van der Waals surface area contributed by atoms with Gasteiger partial charge in [0.15, 0.2) is 5.03 Å². The third-order valence-electron chi connectivity index (χ3n) is 10.2. The summed E-state index contributed by atoms with van der Waals surface area (Å²) in [7, 11) is -4.34. The van der Waals surface area contributed by atoms with Crippen LogP contribution in [0.15, 0.2) is 71.9 Å². The lowest BCUT2D eigenvalue weighted by atomic mass is 9.86. The molecule has 7 rings (SSSR count). The highest BCUT2D eigenvalue weighted by atomic mass is 32.2. The normalized spacial score (nSPS) is 21.4. The Morgan fingerprint density at radius 1 is 0.941 bits per heavy atom. The highest BCUT2D eigenvalue weighted by Gasteiger charge is 2.41. The smallest absolute Gasteiger partial charge is 0.281 e. The van der Waals surface area contributed by atoms with Crippen LogP contribution in [0.3, 0.4) is 0 Å². The van der Waals surface area contributed by atoms with Crippen LogP contribution in [0.1, 0.15) is 101 Å². The molecule has 2 atom stereocenters. The summed E-state index contributed by atoms with van der Waals surface area (Å²) >= 11 is 0. The van der Waals surface area contributed by atoms with Crippen LogP contribution < -0.4 is 19.7 Å². The van der Waals surface area contributed by atoms with E-state index in [1.165, 1.54) is 18.9 Å². The van der Waals surface area contributed by atoms with E-state index >= 15 is 0 Å². The molecule has 6 heterocycles. The third-order valence-corrected chi connectivity index (χ3v) is 11.4. The Bertz CT molecular complexity index is 2040. The van der Waals surface area contributed by atoms with E-state index < -0.39 is 15.9 Å². The maximum atomic E-state index is 13.9. The van der Waals surface area contributed by atoms with E-state index in [0.717, 1.165) is 42.9 Å². The van der Waals surface area contributed by atoms with Gasteiger partial charge in [-0.1, -0.05) is 45.7 Å². The van der Waals surface area contributed by atoms with Gasteiger partial charge in [-0.25, -0.2) is 19.7 Å². The van der Waals surface area contributed by atoms with Gasteiger partial charge in [0, 0.05) is 24.3 Å². The molecule has 11 nitrogen and oxygen atoms in total. The topological polar surface area (TPSA) is 139 Å². The predicted octanol–water partition coefficient (Wildman–Crippen LogP) is 7.08. The molecule has 51 heavy (non-hydrogen) atoms. The largest absolute Gasteiger partial charge is 0.478 e. The Morgan fingerprint density at radius 2 is 1.73 bits per heavy atom. The Kier molecular flexibility index (Phi) is 9.24. The Balaban J connectivity index is 1.27. The number of ether oxygens (including phenoxy) is 1. The number of hydrogen-bond acceptors (Lipinski definition) is 10. The summed E-state index contributed by atoms with van der Waals surface area (Å²) in [6.07, 6.45) is 7.84. The molecule has 0 radical (unpaired) electrons. The van der Waals surface area contributed by atoms with Crippen molar-refractivity contribution in [3.05, 3.63) is 83.7 Å². The first-order valence-electron chi connectivity index (χ1n) is 17.9. The second kappa shape index (κ2) is 13.5. The molecule has 4 aromatic heterocycles. The molecule has 1 amide bonds. The van der Waals surface area contributed by atoms with Crippen molar-refractivity contribution >= 4 is 27.6 Å². The number of hydrogen-bond donors (Lipinski definition) is 2. The molecule has 1 saturated heterocycles.